The minimum absolute atomic E-state index is 0.547. The van der Waals surface area contributed by atoms with Crippen LogP contribution in [0.15, 0.2) is 48.5 Å². The van der Waals surface area contributed by atoms with Crippen LogP contribution in [0.25, 0.3) is 0 Å². The van der Waals surface area contributed by atoms with Gasteiger partial charge in [0.25, 0.3) is 0 Å². The normalized spacial score (nSPS) is 29.9. The van der Waals surface area contributed by atoms with Crippen LogP contribution < -0.4 is 0 Å². The Morgan fingerprint density at radius 1 is 0.771 bits per heavy atom. The molecule has 1 saturated carbocycles. The third-order valence-electron chi connectivity index (χ3n) is 9.44. The number of likely N-dealkylation sites (N-methyl/N-ethyl adjacent to an activating group) is 1. The Balaban J connectivity index is 0.000000124. The molecule has 0 amide bonds. The third kappa shape index (κ3) is 6.06. The molecule has 5 unspecified atom stereocenters. The number of fused-ring (bicyclic) bond motifs is 3. The molecular formula is C32H48N3+. The summed E-state index contributed by atoms with van der Waals surface area (Å²) in [6.45, 7) is 9.45. The molecule has 0 radical (unpaired) electrons. The van der Waals surface area contributed by atoms with E-state index in [2.05, 4.69) is 111 Å². The standard InChI is InChI=1S/C11H21N.C11H15N.C10H12N/c2*1-9-11-6-4-3-5-10(11)7-8-12(9)2;1-8-10-6-4-3-5-9(10)7-11(8)2/h9-11H,3-8H2,1-2H3;3-6,9H,7-8H2,1-2H3;3-8H,1-2H3/q;;+1. The minimum atomic E-state index is 0.547. The zero-order chi connectivity index (χ0) is 24.9. The van der Waals surface area contributed by atoms with E-state index in [0.717, 1.165) is 17.9 Å². The van der Waals surface area contributed by atoms with E-state index in [1.807, 2.05) is 0 Å². The van der Waals surface area contributed by atoms with Gasteiger partial charge in [0.1, 0.15) is 7.05 Å². The van der Waals surface area contributed by atoms with Crippen molar-refractivity contribution >= 4 is 6.21 Å². The summed E-state index contributed by atoms with van der Waals surface area (Å²) in [6.07, 6.45) is 10.9. The lowest BCUT2D eigenvalue weighted by atomic mass is 9.71. The monoisotopic (exact) mass is 474 g/mol. The van der Waals surface area contributed by atoms with Crippen molar-refractivity contribution in [2.75, 3.05) is 34.2 Å². The molecule has 190 valence electrons. The Morgan fingerprint density at radius 2 is 1.46 bits per heavy atom. The van der Waals surface area contributed by atoms with Gasteiger partial charge in [0, 0.05) is 36.7 Å². The average molecular weight is 475 g/mol. The number of nitrogens with zero attached hydrogens (tertiary/aromatic N) is 3. The van der Waals surface area contributed by atoms with Gasteiger partial charge in [-0.1, -0.05) is 61.7 Å². The molecule has 0 N–H and O–H groups in total. The first-order chi connectivity index (χ1) is 16.9. The zero-order valence-electron chi connectivity index (χ0n) is 23.1. The summed E-state index contributed by atoms with van der Waals surface area (Å²) in [5, 5.41) is 0. The summed E-state index contributed by atoms with van der Waals surface area (Å²) < 4.78 is 2.24. The molecule has 1 aliphatic carbocycles. The molecule has 0 bridgehead atoms. The topological polar surface area (TPSA) is 9.49 Å². The van der Waals surface area contributed by atoms with E-state index >= 15 is 0 Å². The van der Waals surface area contributed by atoms with Crippen molar-refractivity contribution in [3.63, 3.8) is 0 Å². The highest BCUT2D eigenvalue weighted by Gasteiger charge is 2.34. The second-order valence-electron chi connectivity index (χ2n) is 11.4. The molecule has 4 aliphatic rings. The second-order valence-corrected chi connectivity index (χ2v) is 11.4. The quantitative estimate of drug-likeness (QED) is 0.399. The van der Waals surface area contributed by atoms with E-state index in [0.29, 0.717) is 12.1 Å². The van der Waals surface area contributed by atoms with Gasteiger partial charge in [0.15, 0.2) is 12.3 Å². The summed E-state index contributed by atoms with van der Waals surface area (Å²) in [4.78, 5) is 4.95. The second kappa shape index (κ2) is 11.8. The number of likely N-dealkylation sites (tertiary alicyclic amines) is 1. The van der Waals surface area contributed by atoms with Crippen molar-refractivity contribution in [1.29, 1.82) is 0 Å². The summed E-state index contributed by atoms with van der Waals surface area (Å²) >= 11 is 0. The van der Waals surface area contributed by atoms with E-state index in [1.165, 1.54) is 73.9 Å². The Kier molecular flexibility index (Phi) is 8.83. The molecule has 0 aromatic heterocycles. The SMILES string of the molecule is CC1C2CCCCC2CCN1C.CC1c2ccccc2C=[N+]1C.CC1c2ccccc2CCN1C. The van der Waals surface area contributed by atoms with Crippen LogP contribution in [0.2, 0.25) is 0 Å². The lowest BCUT2D eigenvalue weighted by molar-refractivity contribution is -0.531. The van der Waals surface area contributed by atoms with Gasteiger partial charge in [-0.15, -0.1) is 0 Å². The molecule has 3 heterocycles. The maximum absolute atomic E-state index is 2.55. The lowest BCUT2D eigenvalue weighted by Crippen LogP contribution is -2.46. The highest BCUT2D eigenvalue weighted by Crippen LogP contribution is 2.39. The number of rotatable bonds is 0. The third-order valence-corrected chi connectivity index (χ3v) is 9.44. The van der Waals surface area contributed by atoms with E-state index in [-0.39, 0.29) is 0 Å². The Bertz CT molecular complexity index is 994. The van der Waals surface area contributed by atoms with Crippen molar-refractivity contribution in [1.82, 2.24) is 9.80 Å². The Labute approximate surface area is 214 Å². The summed E-state index contributed by atoms with van der Waals surface area (Å²) in [7, 11) is 6.60. The van der Waals surface area contributed by atoms with Gasteiger partial charge in [0.05, 0.1) is 0 Å². The molecule has 2 fully saturated rings. The van der Waals surface area contributed by atoms with Gasteiger partial charge in [-0.3, -0.25) is 4.90 Å². The van der Waals surface area contributed by atoms with Gasteiger partial charge in [-0.05, 0) is 82.8 Å². The lowest BCUT2D eigenvalue weighted by Gasteiger charge is -2.45. The Morgan fingerprint density at radius 3 is 2.23 bits per heavy atom. The van der Waals surface area contributed by atoms with E-state index in [4.69, 9.17) is 0 Å². The van der Waals surface area contributed by atoms with Crippen LogP contribution in [0.1, 0.15) is 87.2 Å². The zero-order valence-corrected chi connectivity index (χ0v) is 23.1. The fourth-order valence-electron chi connectivity index (χ4n) is 6.59. The molecule has 5 atom stereocenters. The molecule has 3 heteroatoms. The molecule has 3 aliphatic heterocycles. The van der Waals surface area contributed by atoms with E-state index in [9.17, 15) is 0 Å². The predicted molar refractivity (Wildman–Crippen MR) is 150 cm³/mol. The highest BCUT2D eigenvalue weighted by molar-refractivity contribution is 5.80. The number of hydrogen-bond donors (Lipinski definition) is 0. The first kappa shape index (κ1) is 26.1. The molecule has 3 nitrogen and oxygen atoms in total. The van der Waals surface area contributed by atoms with Crippen LogP contribution in [0, 0.1) is 11.8 Å². The van der Waals surface area contributed by atoms with Crippen LogP contribution in [0.3, 0.4) is 0 Å². The molecule has 0 spiro atoms. The van der Waals surface area contributed by atoms with E-state index in [1.54, 1.807) is 0 Å². The summed E-state index contributed by atoms with van der Waals surface area (Å²) in [6, 6.07) is 19.3. The molecular weight excluding hydrogens is 426 g/mol. The van der Waals surface area contributed by atoms with Crippen LogP contribution in [-0.4, -0.2) is 60.9 Å². The van der Waals surface area contributed by atoms with Crippen molar-refractivity contribution in [3.8, 4) is 0 Å². The van der Waals surface area contributed by atoms with Gasteiger partial charge in [-0.2, -0.15) is 0 Å². The predicted octanol–water partition coefficient (Wildman–Crippen LogP) is 6.57. The smallest absolute Gasteiger partial charge is 0.175 e. The molecule has 2 aromatic carbocycles. The van der Waals surface area contributed by atoms with Crippen molar-refractivity contribution in [3.05, 3.63) is 70.8 Å². The first-order valence-corrected chi connectivity index (χ1v) is 14.0. The number of hydrogen-bond acceptors (Lipinski definition) is 2. The highest BCUT2D eigenvalue weighted by atomic mass is 15.1. The maximum atomic E-state index is 2.55. The summed E-state index contributed by atoms with van der Waals surface area (Å²) in [5.41, 5.74) is 5.84. The molecule has 2 aromatic rings. The van der Waals surface area contributed by atoms with Crippen molar-refractivity contribution < 1.29 is 4.58 Å². The fourth-order valence-corrected chi connectivity index (χ4v) is 6.59. The van der Waals surface area contributed by atoms with Gasteiger partial charge < -0.3 is 4.90 Å². The van der Waals surface area contributed by atoms with Gasteiger partial charge in [0.2, 0.25) is 0 Å². The fraction of sp³-hybridized carbons (Fsp3) is 0.594. The van der Waals surface area contributed by atoms with Crippen LogP contribution in [0.5, 0.6) is 0 Å². The summed E-state index contributed by atoms with van der Waals surface area (Å²) in [5.74, 6) is 2.10. The van der Waals surface area contributed by atoms with Gasteiger partial charge in [-0.25, -0.2) is 4.58 Å². The van der Waals surface area contributed by atoms with Gasteiger partial charge >= 0.3 is 0 Å². The first-order valence-electron chi connectivity index (χ1n) is 14.0. The molecule has 6 rings (SSSR count). The van der Waals surface area contributed by atoms with Crippen LogP contribution in [-0.2, 0) is 6.42 Å². The number of piperidine rings is 1. The van der Waals surface area contributed by atoms with Crippen LogP contribution >= 0.6 is 0 Å². The van der Waals surface area contributed by atoms with Crippen molar-refractivity contribution in [2.45, 2.75) is 77.4 Å². The van der Waals surface area contributed by atoms with Crippen molar-refractivity contribution in [2.24, 2.45) is 11.8 Å². The number of benzene rings is 2. The van der Waals surface area contributed by atoms with Crippen LogP contribution in [0.4, 0.5) is 0 Å². The average Bonchev–Trinajstić information content (AvgIpc) is 3.18. The maximum Gasteiger partial charge on any atom is 0.175 e. The molecule has 35 heavy (non-hydrogen) atoms. The minimum Gasteiger partial charge on any atom is -0.303 e. The molecule has 1 saturated heterocycles. The Hall–Kier alpha value is -1.97. The largest absolute Gasteiger partial charge is 0.303 e. The van der Waals surface area contributed by atoms with E-state index < -0.39 is 0 Å².